The third-order valence-corrected chi connectivity index (χ3v) is 3.29. The Morgan fingerprint density at radius 2 is 2.00 bits per heavy atom. The molecular formula is C14H27NO3. The van der Waals surface area contributed by atoms with Crippen molar-refractivity contribution in [3.8, 4) is 0 Å². The molecule has 2 N–H and O–H groups in total. The maximum absolute atomic E-state index is 11.4. The van der Waals surface area contributed by atoms with Gasteiger partial charge in [0.05, 0.1) is 6.10 Å². The van der Waals surface area contributed by atoms with E-state index in [1.165, 1.54) is 6.42 Å². The lowest BCUT2D eigenvalue weighted by Crippen LogP contribution is -2.33. The summed E-state index contributed by atoms with van der Waals surface area (Å²) in [7, 11) is 0. The highest BCUT2D eigenvalue weighted by atomic mass is 16.6. The van der Waals surface area contributed by atoms with Crippen molar-refractivity contribution in [2.24, 2.45) is 5.92 Å². The lowest BCUT2D eigenvalue weighted by Gasteiger charge is -2.27. The molecule has 1 amide bonds. The molecule has 18 heavy (non-hydrogen) atoms. The minimum atomic E-state index is -0.441. The zero-order valence-corrected chi connectivity index (χ0v) is 11.9. The lowest BCUT2D eigenvalue weighted by atomic mass is 9.83. The number of aliphatic hydroxyl groups is 1. The number of hydrogen-bond donors (Lipinski definition) is 2. The fraction of sp³-hybridized carbons (Fsp3) is 0.929. The van der Waals surface area contributed by atoms with E-state index >= 15 is 0 Å². The fourth-order valence-corrected chi connectivity index (χ4v) is 2.39. The molecule has 0 bridgehead atoms. The normalized spacial score (nSPS) is 24.7. The molecule has 0 saturated heterocycles. The Hall–Kier alpha value is -0.770. The Morgan fingerprint density at radius 3 is 2.61 bits per heavy atom. The van der Waals surface area contributed by atoms with E-state index < -0.39 is 5.60 Å². The van der Waals surface area contributed by atoms with Gasteiger partial charge in [0.1, 0.15) is 5.60 Å². The molecule has 0 aliphatic heterocycles. The molecule has 0 heterocycles. The molecule has 1 aliphatic carbocycles. The van der Waals surface area contributed by atoms with Crippen LogP contribution in [0.5, 0.6) is 0 Å². The molecule has 106 valence electrons. The van der Waals surface area contributed by atoms with Gasteiger partial charge in [-0.1, -0.05) is 12.8 Å². The molecule has 1 aliphatic rings. The topological polar surface area (TPSA) is 58.6 Å². The van der Waals surface area contributed by atoms with Crippen molar-refractivity contribution in [1.82, 2.24) is 5.32 Å². The van der Waals surface area contributed by atoms with Gasteiger partial charge in [-0.2, -0.15) is 0 Å². The second-order valence-corrected chi connectivity index (χ2v) is 6.18. The van der Waals surface area contributed by atoms with Crippen LogP contribution in [0.4, 0.5) is 4.79 Å². The van der Waals surface area contributed by atoms with E-state index in [9.17, 15) is 9.90 Å². The van der Waals surface area contributed by atoms with Crippen LogP contribution in [-0.2, 0) is 4.74 Å². The van der Waals surface area contributed by atoms with Crippen molar-refractivity contribution in [3.05, 3.63) is 0 Å². The fourth-order valence-electron chi connectivity index (χ4n) is 2.39. The van der Waals surface area contributed by atoms with Gasteiger partial charge in [-0.25, -0.2) is 4.79 Å². The maximum Gasteiger partial charge on any atom is 0.407 e. The highest BCUT2D eigenvalue weighted by Gasteiger charge is 2.22. The zero-order valence-electron chi connectivity index (χ0n) is 11.9. The molecule has 0 aromatic heterocycles. The number of nitrogens with one attached hydrogen (secondary N) is 1. The average Bonchev–Trinajstić information content (AvgIpc) is 2.24. The quantitative estimate of drug-likeness (QED) is 0.761. The van der Waals surface area contributed by atoms with Crippen molar-refractivity contribution in [1.29, 1.82) is 0 Å². The van der Waals surface area contributed by atoms with E-state index in [4.69, 9.17) is 4.74 Å². The van der Waals surface area contributed by atoms with Crippen molar-refractivity contribution in [2.45, 2.75) is 71.0 Å². The van der Waals surface area contributed by atoms with E-state index in [0.29, 0.717) is 12.5 Å². The number of carbonyl (C=O) groups excluding carboxylic acids is 1. The second-order valence-electron chi connectivity index (χ2n) is 6.18. The Kier molecular flexibility index (Phi) is 5.93. The lowest BCUT2D eigenvalue weighted by molar-refractivity contribution is 0.0514. The first kappa shape index (κ1) is 15.3. The van der Waals surface area contributed by atoms with E-state index in [0.717, 1.165) is 32.1 Å². The van der Waals surface area contributed by atoms with Crippen LogP contribution in [0.1, 0.15) is 59.3 Å². The summed E-state index contributed by atoms with van der Waals surface area (Å²) in [4.78, 5) is 11.4. The third-order valence-electron chi connectivity index (χ3n) is 3.29. The van der Waals surface area contributed by atoms with Crippen LogP contribution in [0, 0.1) is 5.92 Å². The van der Waals surface area contributed by atoms with Crippen molar-refractivity contribution in [3.63, 3.8) is 0 Å². The van der Waals surface area contributed by atoms with E-state index in [1.54, 1.807) is 0 Å². The molecule has 1 fully saturated rings. The average molecular weight is 257 g/mol. The van der Waals surface area contributed by atoms with Gasteiger partial charge in [0.15, 0.2) is 0 Å². The number of carbonyl (C=O) groups is 1. The van der Waals surface area contributed by atoms with Crippen molar-refractivity contribution >= 4 is 6.09 Å². The second kappa shape index (κ2) is 6.98. The number of amides is 1. The predicted octanol–water partition coefficient (Wildman–Crippen LogP) is 2.84. The SMILES string of the molecule is CC(C)(C)OC(=O)NCCCC1CCCCC1O. The van der Waals surface area contributed by atoms with Crippen molar-refractivity contribution < 1.29 is 14.6 Å². The molecule has 1 saturated carbocycles. The minimum Gasteiger partial charge on any atom is -0.444 e. The summed E-state index contributed by atoms with van der Waals surface area (Å²) in [5.74, 6) is 0.416. The highest BCUT2D eigenvalue weighted by molar-refractivity contribution is 5.67. The number of hydrogen-bond acceptors (Lipinski definition) is 3. The first-order chi connectivity index (χ1) is 8.38. The van der Waals surface area contributed by atoms with E-state index in [-0.39, 0.29) is 12.2 Å². The predicted molar refractivity (Wildman–Crippen MR) is 71.4 cm³/mol. The van der Waals surface area contributed by atoms with Gasteiger partial charge in [0.2, 0.25) is 0 Å². The highest BCUT2D eigenvalue weighted by Crippen LogP contribution is 2.27. The zero-order chi connectivity index (χ0) is 13.6. The maximum atomic E-state index is 11.4. The van der Waals surface area contributed by atoms with Gasteiger partial charge in [-0.05, 0) is 52.4 Å². The molecule has 2 unspecified atom stereocenters. The van der Waals surface area contributed by atoms with Crippen LogP contribution >= 0.6 is 0 Å². The van der Waals surface area contributed by atoms with Gasteiger partial charge in [0.25, 0.3) is 0 Å². The number of aliphatic hydroxyl groups excluding tert-OH is 1. The number of rotatable bonds is 4. The van der Waals surface area contributed by atoms with Gasteiger partial charge in [0, 0.05) is 6.54 Å². The summed E-state index contributed by atoms with van der Waals surface area (Å²) in [5.41, 5.74) is -0.441. The molecular weight excluding hydrogens is 230 g/mol. The molecule has 1 rings (SSSR count). The molecule has 0 aromatic carbocycles. The van der Waals surface area contributed by atoms with Gasteiger partial charge in [-0.3, -0.25) is 0 Å². The molecule has 4 nitrogen and oxygen atoms in total. The number of alkyl carbamates (subject to hydrolysis) is 1. The van der Waals surface area contributed by atoms with E-state index in [2.05, 4.69) is 5.32 Å². The Morgan fingerprint density at radius 1 is 1.33 bits per heavy atom. The van der Waals surface area contributed by atoms with Crippen LogP contribution in [0.15, 0.2) is 0 Å². The summed E-state index contributed by atoms with van der Waals surface area (Å²) in [6, 6.07) is 0. The largest absolute Gasteiger partial charge is 0.444 e. The Balaban J connectivity index is 2.09. The van der Waals surface area contributed by atoms with Crippen LogP contribution in [0.25, 0.3) is 0 Å². The van der Waals surface area contributed by atoms with E-state index in [1.807, 2.05) is 20.8 Å². The molecule has 2 atom stereocenters. The minimum absolute atomic E-state index is 0.139. The summed E-state index contributed by atoms with van der Waals surface area (Å²) < 4.78 is 5.15. The third kappa shape index (κ3) is 6.24. The summed E-state index contributed by atoms with van der Waals surface area (Å²) in [6.45, 7) is 6.18. The van der Waals surface area contributed by atoms with Crippen LogP contribution < -0.4 is 5.32 Å². The molecule has 0 spiro atoms. The van der Waals surface area contributed by atoms with Crippen LogP contribution in [0.3, 0.4) is 0 Å². The molecule has 0 radical (unpaired) electrons. The molecule has 0 aromatic rings. The first-order valence-corrected chi connectivity index (χ1v) is 7.03. The van der Waals surface area contributed by atoms with Gasteiger partial charge < -0.3 is 15.2 Å². The van der Waals surface area contributed by atoms with Crippen LogP contribution in [0.2, 0.25) is 0 Å². The van der Waals surface area contributed by atoms with Gasteiger partial charge >= 0.3 is 6.09 Å². The summed E-state index contributed by atoms with van der Waals surface area (Å²) >= 11 is 0. The summed E-state index contributed by atoms with van der Waals surface area (Å²) in [5, 5.41) is 12.6. The molecule has 4 heteroatoms. The first-order valence-electron chi connectivity index (χ1n) is 7.03. The van der Waals surface area contributed by atoms with Crippen LogP contribution in [-0.4, -0.2) is 29.4 Å². The standard InChI is InChI=1S/C14H27NO3/c1-14(2,3)18-13(17)15-10-6-8-11-7-4-5-9-12(11)16/h11-12,16H,4-10H2,1-3H3,(H,15,17). The van der Waals surface area contributed by atoms with Crippen molar-refractivity contribution in [2.75, 3.05) is 6.54 Å². The summed E-state index contributed by atoms with van der Waals surface area (Å²) in [6.07, 6.45) is 5.82. The number of ether oxygens (including phenoxy) is 1. The Labute approximate surface area is 110 Å². The Bertz CT molecular complexity index is 260. The monoisotopic (exact) mass is 257 g/mol. The van der Waals surface area contributed by atoms with Gasteiger partial charge in [-0.15, -0.1) is 0 Å². The smallest absolute Gasteiger partial charge is 0.407 e.